The highest BCUT2D eigenvalue weighted by Crippen LogP contribution is 2.68. The molecule has 4 rings (SSSR count). The number of rotatable bonds is 4. The van der Waals surface area contributed by atoms with Crippen molar-refractivity contribution in [3.8, 4) is 0 Å². The van der Waals surface area contributed by atoms with Crippen LogP contribution in [-0.2, 0) is 9.53 Å². The van der Waals surface area contributed by atoms with Gasteiger partial charge in [0.2, 0.25) is 0 Å². The summed E-state index contributed by atoms with van der Waals surface area (Å²) in [6.45, 7) is 7.29. The number of hydrogen-bond acceptors (Lipinski definition) is 4. The minimum absolute atomic E-state index is 0.0959. The maximum Gasteiger partial charge on any atom is 0.305 e. The molecule has 1 unspecified atom stereocenters. The van der Waals surface area contributed by atoms with E-state index in [1.165, 1.54) is 32.8 Å². The number of methoxy groups -OCH3 is 1. The summed E-state index contributed by atoms with van der Waals surface area (Å²) in [5.41, 5.74) is 0.577. The molecular weight excluding hydrogens is 364 g/mol. The lowest BCUT2D eigenvalue weighted by atomic mass is 9.43. The molecule has 0 spiro atoms. The van der Waals surface area contributed by atoms with Crippen molar-refractivity contribution in [2.45, 2.75) is 97.2 Å². The van der Waals surface area contributed by atoms with Gasteiger partial charge in [-0.15, -0.1) is 0 Å². The number of aliphatic hydroxyl groups excluding tert-OH is 2. The van der Waals surface area contributed by atoms with Gasteiger partial charge in [0, 0.05) is 6.42 Å². The van der Waals surface area contributed by atoms with E-state index in [9.17, 15) is 15.0 Å². The first-order chi connectivity index (χ1) is 13.7. The monoisotopic (exact) mass is 406 g/mol. The Morgan fingerprint density at radius 3 is 2.45 bits per heavy atom. The van der Waals surface area contributed by atoms with E-state index in [1.807, 2.05) is 0 Å². The first kappa shape index (κ1) is 21.6. The predicted octanol–water partition coefficient (Wildman–Crippen LogP) is 4.57. The van der Waals surface area contributed by atoms with E-state index in [0.717, 1.165) is 32.1 Å². The van der Waals surface area contributed by atoms with E-state index < -0.39 is 0 Å². The van der Waals surface area contributed by atoms with Crippen LogP contribution in [-0.4, -0.2) is 35.5 Å². The fourth-order valence-electron chi connectivity index (χ4n) is 8.82. The van der Waals surface area contributed by atoms with Gasteiger partial charge in [0.1, 0.15) is 0 Å². The second-order valence-corrected chi connectivity index (χ2v) is 11.5. The van der Waals surface area contributed by atoms with Gasteiger partial charge in [-0.05, 0) is 104 Å². The Hall–Kier alpha value is -0.610. The molecule has 29 heavy (non-hydrogen) atoms. The Labute approximate surface area is 176 Å². The van der Waals surface area contributed by atoms with Crippen molar-refractivity contribution in [3.63, 3.8) is 0 Å². The van der Waals surface area contributed by atoms with Crippen LogP contribution in [0.5, 0.6) is 0 Å². The van der Waals surface area contributed by atoms with Crippen LogP contribution in [0.15, 0.2) is 0 Å². The highest BCUT2D eigenvalue weighted by atomic mass is 16.5. The third kappa shape index (κ3) is 3.46. The Balaban J connectivity index is 1.53. The van der Waals surface area contributed by atoms with Crippen LogP contribution < -0.4 is 0 Å². The van der Waals surface area contributed by atoms with Gasteiger partial charge in [-0.1, -0.05) is 20.8 Å². The van der Waals surface area contributed by atoms with Crippen LogP contribution in [0.2, 0.25) is 0 Å². The molecule has 0 aromatic heterocycles. The van der Waals surface area contributed by atoms with Gasteiger partial charge in [0.25, 0.3) is 0 Å². The number of esters is 1. The molecule has 0 aliphatic heterocycles. The topological polar surface area (TPSA) is 66.8 Å². The number of hydrogen-bond donors (Lipinski definition) is 2. The number of ether oxygens (including phenoxy) is 1. The van der Waals surface area contributed by atoms with Gasteiger partial charge >= 0.3 is 5.97 Å². The van der Waals surface area contributed by atoms with E-state index in [4.69, 9.17) is 4.74 Å². The summed E-state index contributed by atoms with van der Waals surface area (Å²) >= 11 is 0. The second-order valence-electron chi connectivity index (χ2n) is 11.5. The summed E-state index contributed by atoms with van der Waals surface area (Å²) < 4.78 is 4.86. The molecule has 166 valence electrons. The molecular formula is C25H42O4. The molecule has 0 aromatic rings. The first-order valence-electron chi connectivity index (χ1n) is 12.1. The highest BCUT2D eigenvalue weighted by Gasteiger charge is 2.62. The third-order valence-corrected chi connectivity index (χ3v) is 10.4. The smallest absolute Gasteiger partial charge is 0.305 e. The third-order valence-electron chi connectivity index (χ3n) is 10.4. The zero-order chi connectivity index (χ0) is 21.0. The second kappa shape index (κ2) is 7.82. The Morgan fingerprint density at radius 1 is 1.03 bits per heavy atom. The summed E-state index contributed by atoms with van der Waals surface area (Å²) in [5, 5.41) is 21.5. The molecule has 4 aliphatic rings. The van der Waals surface area contributed by atoms with Crippen molar-refractivity contribution < 1.29 is 19.7 Å². The van der Waals surface area contributed by atoms with Crippen LogP contribution in [0.4, 0.5) is 0 Å². The van der Waals surface area contributed by atoms with Gasteiger partial charge in [0.15, 0.2) is 0 Å². The highest BCUT2D eigenvalue weighted by molar-refractivity contribution is 5.69. The quantitative estimate of drug-likeness (QED) is 0.671. The summed E-state index contributed by atoms with van der Waals surface area (Å²) in [5.74, 6) is 3.17. The molecule has 0 amide bonds. The maximum absolute atomic E-state index is 11.6. The molecule has 4 saturated carbocycles. The lowest BCUT2D eigenvalue weighted by molar-refractivity contribution is -0.174. The minimum atomic E-state index is -0.211. The van der Waals surface area contributed by atoms with Gasteiger partial charge in [-0.25, -0.2) is 0 Å². The molecule has 2 N–H and O–H groups in total. The fourth-order valence-corrected chi connectivity index (χ4v) is 8.82. The lowest BCUT2D eigenvalue weighted by Gasteiger charge is -2.62. The maximum atomic E-state index is 11.6. The van der Waals surface area contributed by atoms with E-state index in [0.29, 0.717) is 47.3 Å². The van der Waals surface area contributed by atoms with Crippen molar-refractivity contribution in [2.24, 2.45) is 46.3 Å². The Kier molecular flexibility index (Phi) is 5.83. The normalized spacial score (nSPS) is 50.2. The standard InChI is InChI=1S/C25H42O4/c1-15(5-8-22(28)29-4)18-6-7-19-23-20(10-12-25(18,19)3)24(2)11-9-17(26)13-16(24)14-21(23)27/h15-21,23,26-27H,5-14H2,1-4H3/t15-,16+,17-,18-,19?,20+,21-,23+,24+,25-/m1/s1. The van der Waals surface area contributed by atoms with Crippen LogP contribution >= 0.6 is 0 Å². The zero-order valence-electron chi connectivity index (χ0n) is 18.9. The van der Waals surface area contributed by atoms with Gasteiger partial charge in [-0.2, -0.15) is 0 Å². The summed E-state index contributed by atoms with van der Waals surface area (Å²) in [7, 11) is 1.48. The molecule has 0 aromatic carbocycles. The zero-order valence-corrected chi connectivity index (χ0v) is 18.9. The molecule has 0 radical (unpaired) electrons. The van der Waals surface area contributed by atoms with Crippen LogP contribution in [0.25, 0.3) is 0 Å². The summed E-state index contributed by atoms with van der Waals surface area (Å²) in [4.78, 5) is 11.6. The minimum Gasteiger partial charge on any atom is -0.469 e. The van der Waals surface area contributed by atoms with Crippen molar-refractivity contribution in [3.05, 3.63) is 0 Å². The molecule has 10 atom stereocenters. The molecule has 0 bridgehead atoms. The number of fused-ring (bicyclic) bond motifs is 5. The number of carbonyl (C=O) groups is 1. The Bertz CT molecular complexity index is 620. The van der Waals surface area contributed by atoms with Crippen molar-refractivity contribution in [2.75, 3.05) is 7.11 Å². The average molecular weight is 407 g/mol. The SMILES string of the molecule is COC(=O)CC[C@@H](C)[C@H]1CCC2[C@@H]3[C@H](O)C[C@@H]4C[C@H](O)CC[C@]4(C)[C@H]3CC[C@@]21C. The van der Waals surface area contributed by atoms with E-state index >= 15 is 0 Å². The fraction of sp³-hybridized carbons (Fsp3) is 0.960. The first-order valence-corrected chi connectivity index (χ1v) is 12.1. The number of carbonyl (C=O) groups excluding carboxylic acids is 1. The van der Waals surface area contributed by atoms with Crippen LogP contribution in [0.3, 0.4) is 0 Å². The van der Waals surface area contributed by atoms with Crippen molar-refractivity contribution in [1.82, 2.24) is 0 Å². The van der Waals surface area contributed by atoms with Gasteiger partial charge in [-0.3, -0.25) is 4.79 Å². The predicted molar refractivity (Wildman–Crippen MR) is 113 cm³/mol. The van der Waals surface area contributed by atoms with Crippen molar-refractivity contribution >= 4 is 5.97 Å². The van der Waals surface area contributed by atoms with Crippen LogP contribution in [0.1, 0.15) is 85.0 Å². The summed E-state index contributed by atoms with van der Waals surface area (Å²) in [6.07, 6.45) is 9.80. The van der Waals surface area contributed by atoms with E-state index in [2.05, 4.69) is 20.8 Å². The van der Waals surface area contributed by atoms with E-state index in [-0.39, 0.29) is 23.6 Å². The van der Waals surface area contributed by atoms with Gasteiger partial charge in [0.05, 0.1) is 19.3 Å². The number of aliphatic hydroxyl groups is 2. The lowest BCUT2D eigenvalue weighted by Crippen LogP contribution is -2.58. The molecule has 4 aliphatic carbocycles. The molecule has 0 saturated heterocycles. The van der Waals surface area contributed by atoms with E-state index in [1.54, 1.807) is 0 Å². The molecule has 4 heteroatoms. The largest absolute Gasteiger partial charge is 0.469 e. The van der Waals surface area contributed by atoms with Crippen LogP contribution in [0, 0.1) is 46.3 Å². The van der Waals surface area contributed by atoms with Crippen molar-refractivity contribution in [1.29, 1.82) is 0 Å². The molecule has 4 nitrogen and oxygen atoms in total. The molecule has 4 fully saturated rings. The summed E-state index contributed by atoms with van der Waals surface area (Å²) in [6, 6.07) is 0. The Morgan fingerprint density at radius 2 is 1.72 bits per heavy atom. The molecule has 0 heterocycles. The average Bonchev–Trinajstić information content (AvgIpc) is 3.04. The van der Waals surface area contributed by atoms with Gasteiger partial charge < -0.3 is 14.9 Å².